The molecule has 0 aliphatic rings. The normalized spacial score (nSPS) is 10.6. The molecule has 0 aliphatic carbocycles. The SMILES string of the molecule is CCCCCOc1ccc(C(=O)O)c(-c2ccccc2-c2ccccc2)c1. The molecule has 0 atom stereocenters. The van der Waals surface area contributed by atoms with E-state index in [-0.39, 0.29) is 5.56 Å². The molecule has 0 bridgehead atoms. The molecule has 1 N–H and O–H groups in total. The number of unbranched alkanes of at least 4 members (excludes halogenated alkanes) is 2. The predicted octanol–water partition coefficient (Wildman–Crippen LogP) is 6.29. The molecule has 0 aromatic heterocycles. The third-order valence-electron chi connectivity index (χ3n) is 4.54. The summed E-state index contributed by atoms with van der Waals surface area (Å²) in [7, 11) is 0. The van der Waals surface area contributed by atoms with Crippen LogP contribution < -0.4 is 4.74 Å². The van der Waals surface area contributed by atoms with Crippen molar-refractivity contribution in [1.82, 2.24) is 0 Å². The van der Waals surface area contributed by atoms with Gasteiger partial charge in [-0.25, -0.2) is 4.79 Å². The van der Waals surface area contributed by atoms with Crippen LogP contribution in [0.3, 0.4) is 0 Å². The van der Waals surface area contributed by atoms with Crippen LogP contribution in [0.2, 0.25) is 0 Å². The quantitative estimate of drug-likeness (QED) is 0.480. The molecule has 27 heavy (non-hydrogen) atoms. The molecule has 0 unspecified atom stereocenters. The Kier molecular flexibility index (Phi) is 6.26. The van der Waals surface area contributed by atoms with Gasteiger partial charge in [-0.1, -0.05) is 74.4 Å². The number of carboxylic acid groups (broad SMARTS) is 1. The summed E-state index contributed by atoms with van der Waals surface area (Å²) in [6, 6.07) is 23.1. The Bertz CT molecular complexity index is 901. The van der Waals surface area contributed by atoms with E-state index in [0.717, 1.165) is 36.0 Å². The summed E-state index contributed by atoms with van der Waals surface area (Å²) in [5.41, 5.74) is 3.90. The summed E-state index contributed by atoms with van der Waals surface area (Å²) in [5.74, 6) is -0.237. The van der Waals surface area contributed by atoms with Crippen molar-refractivity contribution in [3.05, 3.63) is 78.4 Å². The second-order valence-electron chi connectivity index (χ2n) is 6.48. The molecule has 3 rings (SSSR count). The number of hydrogen-bond acceptors (Lipinski definition) is 2. The second kappa shape index (κ2) is 9.04. The third-order valence-corrected chi connectivity index (χ3v) is 4.54. The first-order valence-electron chi connectivity index (χ1n) is 9.35. The molecular formula is C24H24O3. The smallest absolute Gasteiger partial charge is 0.336 e. The van der Waals surface area contributed by atoms with E-state index in [1.807, 2.05) is 60.7 Å². The van der Waals surface area contributed by atoms with E-state index >= 15 is 0 Å². The predicted molar refractivity (Wildman–Crippen MR) is 109 cm³/mol. The standard InChI is InChI=1S/C24H24O3/c1-2-3-9-16-27-19-14-15-22(24(25)26)23(17-19)21-13-8-7-12-20(21)18-10-5-4-6-11-18/h4-8,10-15,17H,2-3,9,16H2,1H3,(H,25,26). The molecule has 0 amide bonds. The molecule has 3 nitrogen and oxygen atoms in total. The number of benzene rings is 3. The first-order chi connectivity index (χ1) is 13.2. The lowest BCUT2D eigenvalue weighted by atomic mass is 9.91. The Morgan fingerprint density at radius 3 is 2.26 bits per heavy atom. The molecule has 3 aromatic rings. The summed E-state index contributed by atoms with van der Waals surface area (Å²) in [6.07, 6.45) is 3.25. The van der Waals surface area contributed by atoms with E-state index in [9.17, 15) is 9.90 Å². The summed E-state index contributed by atoms with van der Waals surface area (Å²) in [6.45, 7) is 2.79. The minimum Gasteiger partial charge on any atom is -0.494 e. The highest BCUT2D eigenvalue weighted by Gasteiger charge is 2.16. The molecule has 0 saturated heterocycles. The molecule has 3 aromatic carbocycles. The van der Waals surface area contributed by atoms with Gasteiger partial charge >= 0.3 is 5.97 Å². The molecular weight excluding hydrogens is 336 g/mol. The van der Waals surface area contributed by atoms with Crippen LogP contribution in [0.15, 0.2) is 72.8 Å². The van der Waals surface area contributed by atoms with Crippen molar-refractivity contribution < 1.29 is 14.6 Å². The van der Waals surface area contributed by atoms with Crippen LogP contribution in [-0.4, -0.2) is 17.7 Å². The lowest BCUT2D eigenvalue weighted by Gasteiger charge is -2.14. The third kappa shape index (κ3) is 4.56. The van der Waals surface area contributed by atoms with Gasteiger partial charge in [0.1, 0.15) is 5.75 Å². The molecule has 0 fully saturated rings. The van der Waals surface area contributed by atoms with Crippen LogP contribution in [-0.2, 0) is 0 Å². The highest BCUT2D eigenvalue weighted by atomic mass is 16.5. The van der Waals surface area contributed by atoms with E-state index < -0.39 is 5.97 Å². The van der Waals surface area contributed by atoms with Crippen LogP contribution in [0, 0.1) is 0 Å². The minimum atomic E-state index is -0.939. The van der Waals surface area contributed by atoms with Crippen LogP contribution >= 0.6 is 0 Å². The topological polar surface area (TPSA) is 46.5 Å². The Morgan fingerprint density at radius 2 is 1.56 bits per heavy atom. The lowest BCUT2D eigenvalue weighted by molar-refractivity contribution is 0.0697. The summed E-state index contributed by atoms with van der Waals surface area (Å²) in [5, 5.41) is 9.68. The van der Waals surface area contributed by atoms with Crippen LogP contribution in [0.25, 0.3) is 22.3 Å². The Balaban J connectivity index is 2.03. The molecule has 3 heteroatoms. The summed E-state index contributed by atoms with van der Waals surface area (Å²) in [4.78, 5) is 11.8. The van der Waals surface area contributed by atoms with Crippen LogP contribution in [0.4, 0.5) is 0 Å². The Labute approximate surface area is 160 Å². The largest absolute Gasteiger partial charge is 0.494 e. The van der Waals surface area contributed by atoms with Crippen LogP contribution in [0.1, 0.15) is 36.5 Å². The van der Waals surface area contributed by atoms with Crippen molar-refractivity contribution in [2.75, 3.05) is 6.61 Å². The maximum Gasteiger partial charge on any atom is 0.336 e. The van der Waals surface area contributed by atoms with Crippen molar-refractivity contribution in [2.45, 2.75) is 26.2 Å². The highest BCUT2D eigenvalue weighted by molar-refractivity contribution is 5.99. The summed E-state index contributed by atoms with van der Waals surface area (Å²) < 4.78 is 5.86. The van der Waals surface area contributed by atoms with Gasteiger partial charge in [-0.3, -0.25) is 0 Å². The van der Waals surface area contributed by atoms with Gasteiger partial charge in [-0.2, -0.15) is 0 Å². The maximum atomic E-state index is 11.8. The maximum absolute atomic E-state index is 11.8. The van der Waals surface area contributed by atoms with E-state index in [4.69, 9.17) is 4.74 Å². The van der Waals surface area contributed by atoms with Gasteiger partial charge in [0.25, 0.3) is 0 Å². The van der Waals surface area contributed by atoms with Gasteiger partial charge in [-0.15, -0.1) is 0 Å². The molecule has 0 heterocycles. The zero-order chi connectivity index (χ0) is 19.1. The van der Waals surface area contributed by atoms with Crippen molar-refractivity contribution in [3.8, 4) is 28.0 Å². The summed E-state index contributed by atoms with van der Waals surface area (Å²) >= 11 is 0. The number of rotatable bonds is 8. The molecule has 0 saturated carbocycles. The highest BCUT2D eigenvalue weighted by Crippen LogP contribution is 2.36. The first-order valence-corrected chi connectivity index (χ1v) is 9.35. The zero-order valence-electron chi connectivity index (χ0n) is 15.5. The molecule has 138 valence electrons. The number of carbonyl (C=O) groups is 1. The number of aromatic carboxylic acids is 1. The van der Waals surface area contributed by atoms with Gasteiger partial charge in [0.2, 0.25) is 0 Å². The van der Waals surface area contributed by atoms with Crippen molar-refractivity contribution in [1.29, 1.82) is 0 Å². The van der Waals surface area contributed by atoms with Gasteiger partial charge in [-0.05, 0) is 41.3 Å². The Hall–Kier alpha value is -3.07. The van der Waals surface area contributed by atoms with Crippen LogP contribution in [0.5, 0.6) is 5.75 Å². The van der Waals surface area contributed by atoms with E-state index in [2.05, 4.69) is 6.92 Å². The van der Waals surface area contributed by atoms with Gasteiger partial charge in [0.15, 0.2) is 0 Å². The van der Waals surface area contributed by atoms with Gasteiger partial charge < -0.3 is 9.84 Å². The second-order valence-corrected chi connectivity index (χ2v) is 6.48. The minimum absolute atomic E-state index is 0.277. The fourth-order valence-electron chi connectivity index (χ4n) is 3.15. The monoisotopic (exact) mass is 360 g/mol. The molecule has 0 aliphatic heterocycles. The number of ether oxygens (including phenoxy) is 1. The Morgan fingerprint density at radius 1 is 0.852 bits per heavy atom. The van der Waals surface area contributed by atoms with Crippen molar-refractivity contribution in [3.63, 3.8) is 0 Å². The van der Waals surface area contributed by atoms with Gasteiger partial charge in [0.05, 0.1) is 12.2 Å². The van der Waals surface area contributed by atoms with E-state index in [0.29, 0.717) is 17.9 Å². The average molecular weight is 360 g/mol. The zero-order valence-corrected chi connectivity index (χ0v) is 15.5. The first kappa shape index (κ1) is 18.7. The fraction of sp³-hybridized carbons (Fsp3) is 0.208. The number of hydrogen-bond donors (Lipinski definition) is 1. The lowest BCUT2D eigenvalue weighted by Crippen LogP contribution is -2.02. The van der Waals surface area contributed by atoms with Gasteiger partial charge in [0, 0.05) is 5.56 Å². The van der Waals surface area contributed by atoms with E-state index in [1.54, 1.807) is 12.1 Å². The van der Waals surface area contributed by atoms with Crippen molar-refractivity contribution in [2.24, 2.45) is 0 Å². The number of carboxylic acids is 1. The van der Waals surface area contributed by atoms with Crippen molar-refractivity contribution >= 4 is 5.97 Å². The van der Waals surface area contributed by atoms with E-state index in [1.165, 1.54) is 0 Å². The fourth-order valence-corrected chi connectivity index (χ4v) is 3.15. The average Bonchev–Trinajstić information content (AvgIpc) is 2.71. The molecule has 0 radical (unpaired) electrons. The molecule has 0 spiro atoms.